The minimum atomic E-state index is -0.237. The fourth-order valence-electron chi connectivity index (χ4n) is 0.830. The van der Waals surface area contributed by atoms with E-state index in [9.17, 15) is 4.39 Å². The van der Waals surface area contributed by atoms with Crippen LogP contribution in [0, 0.1) is 5.82 Å². The molecule has 0 bridgehead atoms. The normalized spacial score (nSPS) is 10.0. The maximum Gasteiger partial charge on any atom is 0.133 e. The van der Waals surface area contributed by atoms with Crippen LogP contribution < -0.4 is 4.74 Å². The average molecular weight is 298 g/mol. The summed E-state index contributed by atoms with van der Waals surface area (Å²) in [7, 11) is 1.55. The van der Waals surface area contributed by atoms with E-state index in [1.54, 1.807) is 13.2 Å². The molecule has 1 aromatic carbocycles. The highest BCUT2D eigenvalue weighted by Crippen LogP contribution is 2.28. The van der Waals surface area contributed by atoms with Gasteiger partial charge in [0.1, 0.15) is 11.6 Å². The third-order valence-corrected chi connectivity index (χ3v) is 2.69. The molecule has 0 N–H and O–H groups in total. The van der Waals surface area contributed by atoms with E-state index in [1.807, 2.05) is 0 Å². The topological polar surface area (TPSA) is 9.23 Å². The first kappa shape index (κ1) is 9.99. The summed E-state index contributed by atoms with van der Waals surface area (Å²) in [5.74, 6) is 0.408. The minimum absolute atomic E-state index is 0.237. The van der Waals surface area contributed by atoms with Crippen LogP contribution in [0.1, 0.15) is 5.56 Å². The third-order valence-electron chi connectivity index (χ3n) is 1.46. The molecule has 0 radical (unpaired) electrons. The molecule has 1 aromatic rings. The van der Waals surface area contributed by atoms with E-state index in [2.05, 4.69) is 31.9 Å². The van der Waals surface area contributed by atoms with Gasteiger partial charge in [0.15, 0.2) is 0 Å². The van der Waals surface area contributed by atoms with Crippen molar-refractivity contribution < 1.29 is 9.13 Å². The zero-order valence-electron chi connectivity index (χ0n) is 6.40. The Morgan fingerprint density at radius 3 is 2.67 bits per heavy atom. The van der Waals surface area contributed by atoms with Crippen LogP contribution in [0.15, 0.2) is 16.6 Å². The summed E-state index contributed by atoms with van der Waals surface area (Å²) in [6, 6.07) is 3.06. The van der Waals surface area contributed by atoms with Gasteiger partial charge in [0, 0.05) is 10.9 Å². The first-order valence-electron chi connectivity index (χ1n) is 3.27. The number of methoxy groups -OCH3 is 1. The van der Waals surface area contributed by atoms with Crippen molar-refractivity contribution in [2.24, 2.45) is 0 Å². The molecule has 0 amide bonds. The molecule has 0 unspecified atom stereocenters. The number of hydrogen-bond acceptors (Lipinski definition) is 1. The van der Waals surface area contributed by atoms with Crippen molar-refractivity contribution in [3.63, 3.8) is 0 Å². The van der Waals surface area contributed by atoms with Gasteiger partial charge >= 0.3 is 0 Å². The summed E-state index contributed by atoms with van der Waals surface area (Å²) in [6.07, 6.45) is 0. The van der Waals surface area contributed by atoms with E-state index in [0.717, 1.165) is 0 Å². The molecule has 0 aliphatic carbocycles. The second-order valence-corrected chi connectivity index (χ2v) is 3.63. The highest BCUT2D eigenvalue weighted by molar-refractivity contribution is 9.10. The summed E-state index contributed by atoms with van der Waals surface area (Å²) >= 11 is 6.38. The Balaban J connectivity index is 3.18. The molecule has 1 rings (SSSR count). The third kappa shape index (κ3) is 1.98. The van der Waals surface area contributed by atoms with Gasteiger partial charge in [-0.25, -0.2) is 4.39 Å². The van der Waals surface area contributed by atoms with Crippen LogP contribution in [0.2, 0.25) is 0 Å². The fraction of sp³-hybridized carbons (Fsp3) is 0.250. The smallest absolute Gasteiger partial charge is 0.133 e. The zero-order valence-corrected chi connectivity index (χ0v) is 9.58. The van der Waals surface area contributed by atoms with Crippen molar-refractivity contribution in [1.82, 2.24) is 0 Å². The average Bonchev–Trinajstić information content (AvgIpc) is 2.05. The van der Waals surface area contributed by atoms with E-state index in [0.29, 0.717) is 21.1 Å². The molecule has 0 aliphatic rings. The zero-order chi connectivity index (χ0) is 9.14. The standard InChI is InChI=1S/C8H7Br2FO/c1-12-8-2-5(4-9)7(11)3-6(8)10/h2-3H,4H2,1H3. The first-order chi connectivity index (χ1) is 5.69. The lowest BCUT2D eigenvalue weighted by Gasteiger charge is -2.05. The number of halogens is 3. The Bertz CT molecular complexity index is 263. The summed E-state index contributed by atoms with van der Waals surface area (Å²) in [4.78, 5) is 0. The number of alkyl halides is 1. The highest BCUT2D eigenvalue weighted by Gasteiger charge is 2.06. The molecule has 0 aromatic heterocycles. The Morgan fingerprint density at radius 2 is 2.17 bits per heavy atom. The molecule has 0 saturated carbocycles. The molecule has 12 heavy (non-hydrogen) atoms. The van der Waals surface area contributed by atoms with Crippen molar-refractivity contribution in [3.8, 4) is 5.75 Å². The van der Waals surface area contributed by atoms with Crippen molar-refractivity contribution in [3.05, 3.63) is 28.0 Å². The molecular weight excluding hydrogens is 291 g/mol. The first-order valence-corrected chi connectivity index (χ1v) is 5.18. The molecule has 66 valence electrons. The molecular formula is C8H7Br2FO. The Morgan fingerprint density at radius 1 is 1.50 bits per heavy atom. The number of benzene rings is 1. The van der Waals surface area contributed by atoms with Gasteiger partial charge in [-0.15, -0.1) is 0 Å². The molecule has 0 saturated heterocycles. The number of hydrogen-bond donors (Lipinski definition) is 0. The van der Waals surface area contributed by atoms with Crippen molar-refractivity contribution in [2.75, 3.05) is 7.11 Å². The maximum atomic E-state index is 13.1. The molecule has 0 fully saturated rings. The Hall–Kier alpha value is -0.0900. The van der Waals surface area contributed by atoms with Crippen LogP contribution in [-0.2, 0) is 5.33 Å². The van der Waals surface area contributed by atoms with Gasteiger partial charge < -0.3 is 4.74 Å². The molecule has 0 atom stereocenters. The van der Waals surface area contributed by atoms with Gasteiger partial charge in [0.2, 0.25) is 0 Å². The van der Waals surface area contributed by atoms with Crippen molar-refractivity contribution in [1.29, 1.82) is 0 Å². The van der Waals surface area contributed by atoms with Crippen LogP contribution in [0.5, 0.6) is 5.75 Å². The summed E-state index contributed by atoms with van der Waals surface area (Å²) in [5.41, 5.74) is 0.593. The SMILES string of the molecule is COc1cc(CBr)c(F)cc1Br. The van der Waals surface area contributed by atoms with Crippen LogP contribution in [0.25, 0.3) is 0 Å². The van der Waals surface area contributed by atoms with Crippen molar-refractivity contribution in [2.45, 2.75) is 5.33 Å². The van der Waals surface area contributed by atoms with Gasteiger partial charge in [0.05, 0.1) is 11.6 Å². The van der Waals surface area contributed by atoms with Gasteiger partial charge in [-0.1, -0.05) is 15.9 Å². The fourth-order valence-corrected chi connectivity index (χ4v) is 1.74. The summed E-state index contributed by atoms with van der Waals surface area (Å²) in [6.45, 7) is 0. The molecule has 0 spiro atoms. The largest absolute Gasteiger partial charge is 0.496 e. The van der Waals surface area contributed by atoms with Crippen LogP contribution in [0.3, 0.4) is 0 Å². The lowest BCUT2D eigenvalue weighted by Crippen LogP contribution is -1.90. The monoisotopic (exact) mass is 296 g/mol. The maximum absolute atomic E-state index is 13.1. The lowest BCUT2D eigenvalue weighted by molar-refractivity contribution is 0.410. The Labute approximate surface area is 87.2 Å². The van der Waals surface area contributed by atoms with Gasteiger partial charge in [-0.2, -0.15) is 0 Å². The predicted octanol–water partition coefficient (Wildman–Crippen LogP) is 3.49. The van der Waals surface area contributed by atoms with Gasteiger partial charge in [-0.3, -0.25) is 0 Å². The summed E-state index contributed by atoms with van der Waals surface area (Å²) < 4.78 is 18.7. The van der Waals surface area contributed by atoms with Crippen LogP contribution >= 0.6 is 31.9 Å². The van der Waals surface area contributed by atoms with Gasteiger partial charge in [-0.05, 0) is 28.1 Å². The number of rotatable bonds is 2. The second kappa shape index (κ2) is 4.23. The molecule has 1 nitrogen and oxygen atoms in total. The Kier molecular flexibility index (Phi) is 3.53. The van der Waals surface area contributed by atoms with E-state index in [1.165, 1.54) is 6.07 Å². The molecule has 0 aliphatic heterocycles. The van der Waals surface area contributed by atoms with E-state index < -0.39 is 0 Å². The lowest BCUT2D eigenvalue weighted by atomic mass is 10.2. The van der Waals surface area contributed by atoms with Crippen LogP contribution in [0.4, 0.5) is 4.39 Å². The molecule has 0 heterocycles. The second-order valence-electron chi connectivity index (χ2n) is 2.21. The molecule has 4 heteroatoms. The quantitative estimate of drug-likeness (QED) is 0.759. The summed E-state index contributed by atoms with van der Waals surface area (Å²) in [5, 5.41) is 0.489. The van der Waals surface area contributed by atoms with Crippen molar-refractivity contribution >= 4 is 31.9 Å². The number of ether oxygens (including phenoxy) is 1. The highest BCUT2D eigenvalue weighted by atomic mass is 79.9. The van der Waals surface area contributed by atoms with Crippen LogP contribution in [-0.4, -0.2) is 7.11 Å². The van der Waals surface area contributed by atoms with E-state index in [-0.39, 0.29) is 5.82 Å². The van der Waals surface area contributed by atoms with Gasteiger partial charge in [0.25, 0.3) is 0 Å². The minimum Gasteiger partial charge on any atom is -0.496 e. The van der Waals surface area contributed by atoms with E-state index in [4.69, 9.17) is 4.74 Å². The predicted molar refractivity (Wildman–Crippen MR) is 53.3 cm³/mol. The van der Waals surface area contributed by atoms with E-state index >= 15 is 0 Å².